The number of para-hydroxylation sites is 1. The number of anilines is 1. The molecule has 1 aliphatic heterocycles. The number of allylic oxidation sites excluding steroid dienone is 1. The van der Waals surface area contributed by atoms with E-state index in [1.54, 1.807) is 18.2 Å². The summed E-state index contributed by atoms with van der Waals surface area (Å²) in [6, 6.07) is 8.77. The molecule has 0 unspecified atom stereocenters. The predicted molar refractivity (Wildman–Crippen MR) is 137 cm³/mol. The van der Waals surface area contributed by atoms with Crippen LogP contribution >= 0.6 is 0 Å². The summed E-state index contributed by atoms with van der Waals surface area (Å²) in [5.74, 6) is -0.587. The van der Waals surface area contributed by atoms with Gasteiger partial charge >= 0.3 is 5.97 Å². The molecule has 2 aliphatic rings. The molecule has 35 heavy (non-hydrogen) atoms. The van der Waals surface area contributed by atoms with Crippen LogP contribution < -0.4 is 5.32 Å². The number of carbonyl (C=O) groups is 2. The van der Waals surface area contributed by atoms with Crippen LogP contribution in [0.25, 0.3) is 0 Å². The van der Waals surface area contributed by atoms with Crippen LogP contribution in [0.4, 0.5) is 5.69 Å². The minimum atomic E-state index is -3.04. The van der Waals surface area contributed by atoms with Gasteiger partial charge in [-0.15, -0.1) is 0 Å². The van der Waals surface area contributed by atoms with E-state index < -0.39 is 15.8 Å². The maximum atomic E-state index is 12.9. The lowest BCUT2D eigenvalue weighted by molar-refractivity contribution is 0.0475. The lowest BCUT2D eigenvalue weighted by atomic mass is 9.97. The molecule has 0 spiro atoms. The monoisotopic (exact) mass is 498 g/mol. The standard InChI is InChI=1S/C27H34N2O5S/c1-19-16-24(20(2)29(19)22-13-15-35(32,33)18-22)26(30)17-34-27(31)23-10-6-7-11-25(23)28-14-12-21-8-4-3-5-9-21/h6-8,10-11,16,22,28H,3-5,9,12-15,17-18H2,1-2H3/t22-/m0/s1. The Hall–Kier alpha value is -2.87. The number of Topliss-reactive ketones (excluding diaryl/α,β-unsaturated/α-hetero) is 1. The van der Waals surface area contributed by atoms with E-state index in [0.29, 0.717) is 28.9 Å². The molecule has 0 amide bonds. The molecule has 1 aromatic heterocycles. The van der Waals surface area contributed by atoms with Crippen LogP contribution in [-0.4, -0.2) is 49.4 Å². The molecule has 1 atom stereocenters. The molecule has 8 heteroatoms. The Labute approximate surface area is 207 Å². The zero-order chi connectivity index (χ0) is 25.0. The van der Waals surface area contributed by atoms with Crippen LogP contribution in [0.2, 0.25) is 0 Å². The predicted octanol–water partition coefficient (Wildman–Crippen LogP) is 4.81. The topological polar surface area (TPSA) is 94.5 Å². The molecule has 0 saturated carbocycles. The van der Waals surface area contributed by atoms with E-state index in [0.717, 1.165) is 31.5 Å². The van der Waals surface area contributed by atoms with Crippen LogP contribution in [0, 0.1) is 13.8 Å². The Bertz CT molecular complexity index is 1240. The van der Waals surface area contributed by atoms with Gasteiger partial charge in [-0.3, -0.25) is 4.79 Å². The molecule has 1 aromatic carbocycles. The fourth-order valence-electron chi connectivity index (χ4n) is 5.19. The number of esters is 1. The largest absolute Gasteiger partial charge is 0.454 e. The Morgan fingerprint density at radius 1 is 1.14 bits per heavy atom. The molecule has 2 heterocycles. The van der Waals surface area contributed by atoms with Crippen LogP contribution in [-0.2, 0) is 14.6 Å². The Kier molecular flexibility index (Phi) is 7.79. The summed E-state index contributed by atoms with van der Waals surface area (Å²) in [4.78, 5) is 25.7. The van der Waals surface area contributed by atoms with Crippen LogP contribution in [0.5, 0.6) is 0 Å². The first-order valence-electron chi connectivity index (χ1n) is 12.3. The lowest BCUT2D eigenvalue weighted by Gasteiger charge is -2.16. The summed E-state index contributed by atoms with van der Waals surface area (Å²) in [5, 5.41) is 3.34. The highest BCUT2D eigenvalue weighted by Crippen LogP contribution is 2.29. The Morgan fingerprint density at radius 2 is 1.94 bits per heavy atom. The Morgan fingerprint density at radius 3 is 2.66 bits per heavy atom. The second-order valence-electron chi connectivity index (χ2n) is 9.54. The number of sulfone groups is 1. The third kappa shape index (κ3) is 6.04. The van der Waals surface area contributed by atoms with Crippen molar-refractivity contribution in [3.8, 4) is 0 Å². The van der Waals surface area contributed by atoms with E-state index in [9.17, 15) is 18.0 Å². The summed E-state index contributed by atoms with van der Waals surface area (Å²) >= 11 is 0. The molecule has 188 valence electrons. The molecule has 4 rings (SSSR count). The number of nitrogens with one attached hydrogen (secondary N) is 1. The lowest BCUT2D eigenvalue weighted by Crippen LogP contribution is -2.18. The van der Waals surface area contributed by atoms with Crippen molar-refractivity contribution in [3.05, 3.63) is 64.5 Å². The third-order valence-electron chi connectivity index (χ3n) is 6.99. The zero-order valence-electron chi connectivity index (χ0n) is 20.5. The third-order valence-corrected chi connectivity index (χ3v) is 8.74. The minimum absolute atomic E-state index is 0.0903. The highest BCUT2D eigenvalue weighted by atomic mass is 32.2. The number of hydrogen-bond donors (Lipinski definition) is 1. The van der Waals surface area contributed by atoms with Crippen molar-refractivity contribution >= 4 is 27.3 Å². The van der Waals surface area contributed by atoms with Gasteiger partial charge in [0.25, 0.3) is 0 Å². The van der Waals surface area contributed by atoms with Gasteiger partial charge in [-0.05, 0) is 70.6 Å². The molecule has 0 bridgehead atoms. The van der Waals surface area contributed by atoms with Gasteiger partial charge in [-0.1, -0.05) is 23.8 Å². The van der Waals surface area contributed by atoms with Gasteiger partial charge in [0.2, 0.25) is 5.78 Å². The highest BCUT2D eigenvalue weighted by Gasteiger charge is 2.31. The van der Waals surface area contributed by atoms with Crippen molar-refractivity contribution in [2.75, 3.05) is 30.0 Å². The van der Waals surface area contributed by atoms with Crippen molar-refractivity contribution < 1.29 is 22.7 Å². The molecular formula is C27H34N2O5S. The van der Waals surface area contributed by atoms with Crippen LogP contribution in [0.15, 0.2) is 42.0 Å². The van der Waals surface area contributed by atoms with Gasteiger partial charge in [0.15, 0.2) is 16.4 Å². The number of ketones is 1. The van der Waals surface area contributed by atoms with Gasteiger partial charge in [0.1, 0.15) is 0 Å². The number of carbonyl (C=O) groups excluding carboxylic acids is 2. The maximum Gasteiger partial charge on any atom is 0.340 e. The zero-order valence-corrected chi connectivity index (χ0v) is 21.3. The van der Waals surface area contributed by atoms with Crippen LogP contribution in [0.1, 0.15) is 76.7 Å². The first-order chi connectivity index (χ1) is 16.7. The molecule has 1 N–H and O–H groups in total. The smallest absolute Gasteiger partial charge is 0.340 e. The molecule has 1 aliphatic carbocycles. The van der Waals surface area contributed by atoms with Gasteiger partial charge in [-0.25, -0.2) is 13.2 Å². The summed E-state index contributed by atoms with van der Waals surface area (Å²) in [6.07, 6.45) is 8.60. The first kappa shape index (κ1) is 25.2. The van der Waals surface area contributed by atoms with E-state index in [4.69, 9.17) is 4.74 Å². The normalized spacial score (nSPS) is 19.3. The fraction of sp³-hybridized carbons (Fsp3) is 0.481. The van der Waals surface area contributed by atoms with Crippen molar-refractivity contribution in [1.29, 1.82) is 0 Å². The number of benzene rings is 1. The van der Waals surface area contributed by atoms with E-state index in [2.05, 4.69) is 11.4 Å². The highest BCUT2D eigenvalue weighted by molar-refractivity contribution is 7.91. The molecule has 1 saturated heterocycles. The average molecular weight is 499 g/mol. The molecular weight excluding hydrogens is 464 g/mol. The van der Waals surface area contributed by atoms with Crippen molar-refractivity contribution in [2.45, 2.75) is 58.4 Å². The fourth-order valence-corrected chi connectivity index (χ4v) is 6.89. The van der Waals surface area contributed by atoms with E-state index in [1.807, 2.05) is 30.5 Å². The number of hydrogen-bond acceptors (Lipinski definition) is 6. The van der Waals surface area contributed by atoms with E-state index in [-0.39, 0.29) is 29.9 Å². The van der Waals surface area contributed by atoms with Gasteiger partial charge < -0.3 is 14.6 Å². The second kappa shape index (κ2) is 10.8. The summed E-state index contributed by atoms with van der Waals surface area (Å²) < 4.78 is 31.2. The minimum Gasteiger partial charge on any atom is -0.454 e. The number of aromatic nitrogens is 1. The van der Waals surface area contributed by atoms with Crippen molar-refractivity contribution in [1.82, 2.24) is 4.57 Å². The molecule has 1 fully saturated rings. The average Bonchev–Trinajstić information content (AvgIpc) is 3.35. The van der Waals surface area contributed by atoms with Gasteiger partial charge in [0.05, 0.1) is 17.1 Å². The van der Waals surface area contributed by atoms with Crippen molar-refractivity contribution in [2.24, 2.45) is 0 Å². The summed E-state index contributed by atoms with van der Waals surface area (Å²) in [7, 11) is -3.04. The van der Waals surface area contributed by atoms with Crippen LogP contribution in [0.3, 0.4) is 0 Å². The van der Waals surface area contributed by atoms with E-state index in [1.165, 1.54) is 18.4 Å². The quantitative estimate of drug-likeness (QED) is 0.303. The van der Waals surface area contributed by atoms with Gasteiger partial charge in [-0.2, -0.15) is 0 Å². The number of nitrogens with zero attached hydrogens (tertiary/aromatic N) is 1. The maximum absolute atomic E-state index is 12.9. The molecule has 2 aromatic rings. The number of aryl methyl sites for hydroxylation is 1. The van der Waals surface area contributed by atoms with E-state index >= 15 is 0 Å². The van der Waals surface area contributed by atoms with Gasteiger partial charge in [0, 0.05) is 35.2 Å². The number of rotatable bonds is 9. The molecule has 0 radical (unpaired) electrons. The second-order valence-corrected chi connectivity index (χ2v) is 11.8. The molecule has 7 nitrogen and oxygen atoms in total. The number of ether oxygens (including phenoxy) is 1. The first-order valence-corrected chi connectivity index (χ1v) is 14.2. The summed E-state index contributed by atoms with van der Waals surface area (Å²) in [5.41, 5.74) is 4.57. The van der Waals surface area contributed by atoms with Crippen molar-refractivity contribution in [3.63, 3.8) is 0 Å². The summed E-state index contributed by atoms with van der Waals surface area (Å²) in [6.45, 7) is 4.05. The SMILES string of the molecule is Cc1cc(C(=O)COC(=O)c2ccccc2NCCC2=CCCCC2)c(C)n1[C@H]1CCS(=O)(=O)C1. The Balaban J connectivity index is 1.37.